The molecule has 0 unspecified atom stereocenters. The quantitative estimate of drug-likeness (QED) is 0.697. The van der Waals surface area contributed by atoms with Crippen molar-refractivity contribution in [2.24, 2.45) is 5.92 Å². The van der Waals surface area contributed by atoms with Crippen LogP contribution in [-0.2, 0) is 17.9 Å². The lowest BCUT2D eigenvalue weighted by Gasteiger charge is -2.06. The summed E-state index contributed by atoms with van der Waals surface area (Å²) in [5.74, 6) is 0.854. The van der Waals surface area contributed by atoms with Crippen LogP contribution >= 0.6 is 0 Å². The normalized spacial score (nSPS) is 15.1. The van der Waals surface area contributed by atoms with E-state index in [2.05, 4.69) is 36.5 Å². The van der Waals surface area contributed by atoms with Crippen molar-refractivity contribution in [1.82, 2.24) is 5.32 Å². The molecule has 0 aromatic heterocycles. The summed E-state index contributed by atoms with van der Waals surface area (Å²) in [6.45, 7) is 5.95. The van der Waals surface area contributed by atoms with Gasteiger partial charge in [-0.2, -0.15) is 0 Å². The summed E-state index contributed by atoms with van der Waals surface area (Å²) in [6.07, 6.45) is 3.91. The van der Waals surface area contributed by atoms with Gasteiger partial charge in [0.1, 0.15) is 0 Å². The molecule has 0 radical (unpaired) electrons. The van der Waals surface area contributed by atoms with Crippen LogP contribution in [0.4, 0.5) is 0 Å². The topological polar surface area (TPSA) is 21.3 Å². The lowest BCUT2D eigenvalue weighted by atomic mass is 10.1. The van der Waals surface area contributed by atoms with Crippen molar-refractivity contribution in [3.63, 3.8) is 0 Å². The highest BCUT2D eigenvalue weighted by atomic mass is 16.5. The Balaban J connectivity index is 1.68. The van der Waals surface area contributed by atoms with Crippen molar-refractivity contribution in [2.75, 3.05) is 13.2 Å². The number of ether oxygens (including phenoxy) is 1. The molecule has 1 aliphatic rings. The van der Waals surface area contributed by atoms with Crippen LogP contribution in [0.25, 0.3) is 0 Å². The molecule has 17 heavy (non-hydrogen) atoms. The molecule has 1 saturated carbocycles. The first-order valence-corrected chi connectivity index (χ1v) is 6.74. The minimum absolute atomic E-state index is 0.763. The predicted octanol–water partition coefficient (Wildman–Crippen LogP) is 3.11. The van der Waals surface area contributed by atoms with Gasteiger partial charge in [0.2, 0.25) is 0 Å². The van der Waals surface area contributed by atoms with E-state index < -0.39 is 0 Å². The van der Waals surface area contributed by atoms with Gasteiger partial charge in [-0.1, -0.05) is 31.2 Å². The van der Waals surface area contributed by atoms with Crippen molar-refractivity contribution in [2.45, 2.75) is 39.3 Å². The van der Waals surface area contributed by atoms with Gasteiger partial charge in [0, 0.05) is 13.2 Å². The Bertz CT molecular complexity index is 316. The molecule has 0 aliphatic heterocycles. The molecule has 0 atom stereocenters. The summed E-state index contributed by atoms with van der Waals surface area (Å²) >= 11 is 0. The van der Waals surface area contributed by atoms with E-state index in [4.69, 9.17) is 4.74 Å². The first-order chi connectivity index (χ1) is 8.38. The summed E-state index contributed by atoms with van der Waals surface area (Å²) < 4.78 is 5.67. The highest BCUT2D eigenvalue weighted by molar-refractivity contribution is 5.21. The second kappa shape index (κ2) is 6.77. The highest BCUT2D eigenvalue weighted by Crippen LogP contribution is 2.29. The minimum Gasteiger partial charge on any atom is -0.376 e. The van der Waals surface area contributed by atoms with E-state index in [0.717, 1.165) is 32.2 Å². The maximum Gasteiger partial charge on any atom is 0.0717 e. The van der Waals surface area contributed by atoms with Gasteiger partial charge in [-0.15, -0.1) is 0 Å². The largest absolute Gasteiger partial charge is 0.376 e. The van der Waals surface area contributed by atoms with Gasteiger partial charge in [0.05, 0.1) is 6.61 Å². The van der Waals surface area contributed by atoms with E-state index in [1.165, 1.54) is 30.4 Å². The number of benzene rings is 1. The van der Waals surface area contributed by atoms with E-state index in [1.807, 2.05) is 0 Å². The predicted molar refractivity (Wildman–Crippen MR) is 70.8 cm³/mol. The van der Waals surface area contributed by atoms with Crippen LogP contribution < -0.4 is 5.32 Å². The second-order valence-corrected chi connectivity index (χ2v) is 4.95. The van der Waals surface area contributed by atoms with Crippen molar-refractivity contribution in [1.29, 1.82) is 0 Å². The zero-order chi connectivity index (χ0) is 11.9. The van der Waals surface area contributed by atoms with E-state index in [9.17, 15) is 0 Å². The Kier molecular flexibility index (Phi) is 5.02. The van der Waals surface area contributed by atoms with Crippen molar-refractivity contribution in [3.8, 4) is 0 Å². The van der Waals surface area contributed by atoms with Gasteiger partial charge in [0.15, 0.2) is 0 Å². The molecule has 94 valence electrons. The molecule has 0 amide bonds. The standard InChI is InChI=1S/C15H23NO/c1-2-9-16-10-13-3-5-14(6-4-13)11-17-12-15-7-8-15/h3-6,15-16H,2,7-12H2,1H3. The summed E-state index contributed by atoms with van der Waals surface area (Å²) in [4.78, 5) is 0. The Morgan fingerprint density at radius 3 is 2.53 bits per heavy atom. The maximum absolute atomic E-state index is 5.67. The van der Waals surface area contributed by atoms with Gasteiger partial charge in [-0.3, -0.25) is 0 Å². The van der Waals surface area contributed by atoms with Crippen LogP contribution in [0.2, 0.25) is 0 Å². The number of rotatable bonds is 8. The molecule has 0 heterocycles. The fourth-order valence-corrected chi connectivity index (χ4v) is 1.79. The van der Waals surface area contributed by atoms with E-state index in [0.29, 0.717) is 0 Å². The van der Waals surface area contributed by atoms with Gasteiger partial charge < -0.3 is 10.1 Å². The van der Waals surface area contributed by atoms with E-state index in [-0.39, 0.29) is 0 Å². The highest BCUT2D eigenvalue weighted by Gasteiger charge is 2.20. The van der Waals surface area contributed by atoms with Crippen molar-refractivity contribution >= 4 is 0 Å². The number of nitrogens with one attached hydrogen (secondary N) is 1. The van der Waals surface area contributed by atoms with Crippen molar-refractivity contribution < 1.29 is 4.74 Å². The Hall–Kier alpha value is -0.860. The van der Waals surface area contributed by atoms with Gasteiger partial charge in [-0.05, 0) is 42.9 Å². The fourth-order valence-electron chi connectivity index (χ4n) is 1.79. The second-order valence-electron chi connectivity index (χ2n) is 4.95. The average Bonchev–Trinajstić information content (AvgIpc) is 3.16. The molecule has 2 heteroatoms. The summed E-state index contributed by atoms with van der Waals surface area (Å²) in [5, 5.41) is 3.41. The Morgan fingerprint density at radius 2 is 1.88 bits per heavy atom. The molecule has 1 N–H and O–H groups in total. The summed E-state index contributed by atoms with van der Waals surface area (Å²) in [5.41, 5.74) is 2.63. The number of hydrogen-bond acceptors (Lipinski definition) is 2. The smallest absolute Gasteiger partial charge is 0.0717 e. The third kappa shape index (κ3) is 4.88. The van der Waals surface area contributed by atoms with Crippen LogP contribution in [-0.4, -0.2) is 13.2 Å². The molecule has 0 spiro atoms. The molecule has 1 aromatic carbocycles. The van der Waals surface area contributed by atoms with Gasteiger partial charge in [0.25, 0.3) is 0 Å². The van der Waals surface area contributed by atoms with E-state index in [1.54, 1.807) is 0 Å². The molecular weight excluding hydrogens is 210 g/mol. The molecular formula is C15H23NO. The molecule has 1 aliphatic carbocycles. The van der Waals surface area contributed by atoms with Crippen LogP contribution in [0.5, 0.6) is 0 Å². The van der Waals surface area contributed by atoms with E-state index >= 15 is 0 Å². The SMILES string of the molecule is CCCNCc1ccc(COCC2CC2)cc1. The summed E-state index contributed by atoms with van der Waals surface area (Å²) in [6, 6.07) is 8.74. The maximum atomic E-state index is 5.67. The zero-order valence-corrected chi connectivity index (χ0v) is 10.7. The zero-order valence-electron chi connectivity index (χ0n) is 10.7. The lowest BCUT2D eigenvalue weighted by Crippen LogP contribution is -2.13. The summed E-state index contributed by atoms with van der Waals surface area (Å²) in [7, 11) is 0. The average molecular weight is 233 g/mol. The molecule has 1 fully saturated rings. The van der Waals surface area contributed by atoms with Crippen LogP contribution in [0, 0.1) is 5.92 Å². The number of hydrogen-bond donors (Lipinski definition) is 1. The first-order valence-electron chi connectivity index (χ1n) is 6.74. The Morgan fingerprint density at radius 1 is 1.18 bits per heavy atom. The molecule has 1 aromatic rings. The van der Waals surface area contributed by atoms with Crippen LogP contribution in [0.1, 0.15) is 37.3 Å². The third-order valence-electron chi connectivity index (χ3n) is 3.10. The first kappa shape index (κ1) is 12.6. The monoisotopic (exact) mass is 233 g/mol. The lowest BCUT2D eigenvalue weighted by molar-refractivity contribution is 0.111. The molecule has 0 saturated heterocycles. The van der Waals surface area contributed by atoms with Gasteiger partial charge in [-0.25, -0.2) is 0 Å². The third-order valence-corrected chi connectivity index (χ3v) is 3.10. The Labute approximate surface area is 104 Å². The molecule has 2 rings (SSSR count). The minimum atomic E-state index is 0.763. The van der Waals surface area contributed by atoms with Crippen LogP contribution in [0.3, 0.4) is 0 Å². The molecule has 2 nitrogen and oxygen atoms in total. The molecule has 0 bridgehead atoms. The fraction of sp³-hybridized carbons (Fsp3) is 0.600. The van der Waals surface area contributed by atoms with Crippen LogP contribution in [0.15, 0.2) is 24.3 Å². The van der Waals surface area contributed by atoms with Crippen molar-refractivity contribution in [3.05, 3.63) is 35.4 Å². The van der Waals surface area contributed by atoms with Gasteiger partial charge >= 0.3 is 0 Å².